The van der Waals surface area contributed by atoms with E-state index in [1.807, 2.05) is 12.1 Å². The highest BCUT2D eigenvalue weighted by Crippen LogP contribution is 2.26. The molecule has 0 aliphatic heterocycles. The molecule has 0 amide bonds. The SMILES string of the molecule is NC1CCCCC1Cc1ccc(Cl)cc1. The molecule has 1 fully saturated rings. The van der Waals surface area contributed by atoms with E-state index >= 15 is 0 Å². The van der Waals surface area contributed by atoms with Crippen molar-refractivity contribution < 1.29 is 0 Å². The Hall–Kier alpha value is -0.530. The lowest BCUT2D eigenvalue weighted by Crippen LogP contribution is -2.34. The van der Waals surface area contributed by atoms with Crippen molar-refractivity contribution in [1.29, 1.82) is 0 Å². The van der Waals surface area contributed by atoms with Crippen LogP contribution in [0.25, 0.3) is 0 Å². The van der Waals surface area contributed by atoms with Crippen molar-refractivity contribution in [1.82, 2.24) is 0 Å². The van der Waals surface area contributed by atoms with Crippen LogP contribution in [0.2, 0.25) is 5.02 Å². The van der Waals surface area contributed by atoms with Gasteiger partial charge in [-0.15, -0.1) is 0 Å². The summed E-state index contributed by atoms with van der Waals surface area (Å²) in [5.74, 6) is 0.667. The molecule has 0 aromatic heterocycles. The molecule has 1 aliphatic rings. The van der Waals surface area contributed by atoms with Crippen LogP contribution in [0.3, 0.4) is 0 Å². The summed E-state index contributed by atoms with van der Waals surface area (Å²) >= 11 is 5.86. The van der Waals surface area contributed by atoms with E-state index in [1.54, 1.807) is 0 Å². The van der Waals surface area contributed by atoms with E-state index in [1.165, 1.54) is 31.2 Å². The predicted octanol–water partition coefficient (Wildman–Crippen LogP) is 3.40. The fourth-order valence-electron chi connectivity index (χ4n) is 2.41. The maximum absolute atomic E-state index is 6.13. The predicted molar refractivity (Wildman–Crippen MR) is 65.1 cm³/mol. The lowest BCUT2D eigenvalue weighted by molar-refractivity contribution is 0.306. The molecule has 82 valence electrons. The van der Waals surface area contributed by atoms with Gasteiger partial charge in [0.15, 0.2) is 0 Å². The van der Waals surface area contributed by atoms with Crippen molar-refractivity contribution in [3.05, 3.63) is 34.9 Å². The summed E-state index contributed by atoms with van der Waals surface area (Å²) in [5.41, 5.74) is 7.49. The molecule has 0 radical (unpaired) electrons. The minimum atomic E-state index is 0.398. The third-order valence-electron chi connectivity index (χ3n) is 3.38. The zero-order chi connectivity index (χ0) is 10.7. The molecule has 2 unspecified atom stereocenters. The summed E-state index contributed by atoms with van der Waals surface area (Å²) in [6.07, 6.45) is 6.23. The zero-order valence-electron chi connectivity index (χ0n) is 8.95. The summed E-state index contributed by atoms with van der Waals surface area (Å²) in [4.78, 5) is 0. The Morgan fingerprint density at radius 1 is 1.13 bits per heavy atom. The number of nitrogens with two attached hydrogens (primary N) is 1. The molecule has 1 aromatic carbocycles. The Labute approximate surface area is 96.6 Å². The van der Waals surface area contributed by atoms with Gasteiger partial charge in [-0.3, -0.25) is 0 Å². The van der Waals surface area contributed by atoms with E-state index in [0.29, 0.717) is 12.0 Å². The highest BCUT2D eigenvalue weighted by atomic mass is 35.5. The van der Waals surface area contributed by atoms with Crippen LogP contribution in [0.1, 0.15) is 31.2 Å². The molecule has 0 spiro atoms. The minimum absolute atomic E-state index is 0.398. The maximum atomic E-state index is 6.13. The van der Waals surface area contributed by atoms with Crippen LogP contribution in [0.15, 0.2) is 24.3 Å². The largest absolute Gasteiger partial charge is 0.327 e. The Morgan fingerprint density at radius 3 is 2.47 bits per heavy atom. The molecule has 0 heterocycles. The lowest BCUT2D eigenvalue weighted by atomic mass is 9.81. The van der Waals surface area contributed by atoms with Crippen LogP contribution in [0.4, 0.5) is 0 Å². The van der Waals surface area contributed by atoms with Crippen LogP contribution in [0, 0.1) is 5.92 Å². The summed E-state index contributed by atoms with van der Waals surface area (Å²) in [6, 6.07) is 8.55. The lowest BCUT2D eigenvalue weighted by Gasteiger charge is -2.28. The third-order valence-corrected chi connectivity index (χ3v) is 3.63. The molecule has 2 atom stereocenters. The summed E-state index contributed by atoms with van der Waals surface area (Å²) < 4.78 is 0. The van der Waals surface area contributed by atoms with Gasteiger partial charge in [-0.2, -0.15) is 0 Å². The van der Waals surface area contributed by atoms with E-state index in [0.717, 1.165) is 11.4 Å². The highest BCUT2D eigenvalue weighted by Gasteiger charge is 2.21. The smallest absolute Gasteiger partial charge is 0.0406 e. The van der Waals surface area contributed by atoms with Gasteiger partial charge in [0.25, 0.3) is 0 Å². The molecule has 1 aliphatic carbocycles. The number of halogens is 1. The van der Waals surface area contributed by atoms with E-state index in [9.17, 15) is 0 Å². The van der Waals surface area contributed by atoms with E-state index < -0.39 is 0 Å². The molecular formula is C13H18ClN. The highest BCUT2D eigenvalue weighted by molar-refractivity contribution is 6.30. The Bertz CT molecular complexity index is 307. The molecule has 15 heavy (non-hydrogen) atoms. The van der Waals surface area contributed by atoms with Crippen molar-refractivity contribution >= 4 is 11.6 Å². The molecule has 1 aromatic rings. The molecule has 0 bridgehead atoms. The Kier molecular flexibility index (Phi) is 3.66. The van der Waals surface area contributed by atoms with E-state index in [2.05, 4.69) is 12.1 Å². The number of hydrogen-bond donors (Lipinski definition) is 1. The topological polar surface area (TPSA) is 26.0 Å². The summed E-state index contributed by atoms with van der Waals surface area (Å²) in [6.45, 7) is 0. The molecule has 1 nitrogen and oxygen atoms in total. The first-order valence-electron chi connectivity index (χ1n) is 5.76. The van der Waals surface area contributed by atoms with Crippen molar-refractivity contribution in [2.24, 2.45) is 11.7 Å². The van der Waals surface area contributed by atoms with Gasteiger partial charge in [0.2, 0.25) is 0 Å². The second-order valence-electron chi connectivity index (χ2n) is 4.54. The molecule has 2 rings (SSSR count). The average Bonchev–Trinajstić information content (AvgIpc) is 2.25. The van der Waals surface area contributed by atoms with Crippen molar-refractivity contribution in [3.8, 4) is 0 Å². The molecule has 2 N–H and O–H groups in total. The van der Waals surface area contributed by atoms with Crippen LogP contribution in [0.5, 0.6) is 0 Å². The van der Waals surface area contributed by atoms with E-state index in [4.69, 9.17) is 17.3 Å². The fourth-order valence-corrected chi connectivity index (χ4v) is 2.54. The Morgan fingerprint density at radius 2 is 1.80 bits per heavy atom. The van der Waals surface area contributed by atoms with Crippen LogP contribution in [-0.2, 0) is 6.42 Å². The number of benzene rings is 1. The molecule has 0 saturated heterocycles. The van der Waals surface area contributed by atoms with Gasteiger partial charge < -0.3 is 5.73 Å². The van der Waals surface area contributed by atoms with E-state index in [-0.39, 0.29) is 0 Å². The fraction of sp³-hybridized carbons (Fsp3) is 0.538. The summed E-state index contributed by atoms with van der Waals surface area (Å²) in [7, 11) is 0. The van der Waals surface area contributed by atoms with Gasteiger partial charge in [-0.25, -0.2) is 0 Å². The van der Waals surface area contributed by atoms with Crippen LogP contribution < -0.4 is 5.73 Å². The minimum Gasteiger partial charge on any atom is -0.327 e. The van der Waals surface area contributed by atoms with Crippen LogP contribution in [-0.4, -0.2) is 6.04 Å². The van der Waals surface area contributed by atoms with Crippen molar-refractivity contribution in [2.45, 2.75) is 38.1 Å². The van der Waals surface area contributed by atoms with Gasteiger partial charge in [0.05, 0.1) is 0 Å². The number of hydrogen-bond acceptors (Lipinski definition) is 1. The average molecular weight is 224 g/mol. The standard InChI is InChI=1S/C13H18ClN/c14-12-7-5-10(6-8-12)9-11-3-1-2-4-13(11)15/h5-8,11,13H,1-4,9,15H2. The van der Waals surface area contributed by atoms with Gasteiger partial charge in [0, 0.05) is 11.1 Å². The Balaban J connectivity index is 1.98. The molecule has 2 heteroatoms. The second kappa shape index (κ2) is 5.00. The van der Waals surface area contributed by atoms with Crippen LogP contribution >= 0.6 is 11.6 Å². The maximum Gasteiger partial charge on any atom is 0.0406 e. The van der Waals surface area contributed by atoms with Gasteiger partial charge in [-0.1, -0.05) is 36.6 Å². The van der Waals surface area contributed by atoms with Crippen molar-refractivity contribution in [2.75, 3.05) is 0 Å². The quantitative estimate of drug-likeness (QED) is 0.817. The first-order chi connectivity index (χ1) is 7.25. The van der Waals surface area contributed by atoms with Gasteiger partial charge in [-0.05, 0) is 42.9 Å². The normalized spacial score (nSPS) is 26.5. The monoisotopic (exact) mass is 223 g/mol. The molecule has 1 saturated carbocycles. The van der Waals surface area contributed by atoms with Crippen molar-refractivity contribution in [3.63, 3.8) is 0 Å². The first-order valence-corrected chi connectivity index (χ1v) is 6.13. The second-order valence-corrected chi connectivity index (χ2v) is 4.98. The van der Waals surface area contributed by atoms with Gasteiger partial charge in [0.1, 0.15) is 0 Å². The number of rotatable bonds is 2. The third kappa shape index (κ3) is 2.96. The zero-order valence-corrected chi connectivity index (χ0v) is 9.71. The molecular weight excluding hydrogens is 206 g/mol. The first kappa shape index (κ1) is 11.0. The van der Waals surface area contributed by atoms with Gasteiger partial charge >= 0.3 is 0 Å². The summed E-state index contributed by atoms with van der Waals surface area (Å²) in [5, 5.41) is 0.812.